The summed E-state index contributed by atoms with van der Waals surface area (Å²) in [7, 11) is 0. The van der Waals surface area contributed by atoms with E-state index in [1.54, 1.807) is 24.3 Å². The molecule has 1 aromatic rings. The Morgan fingerprint density at radius 3 is 2.77 bits per heavy atom. The zero-order valence-electron chi connectivity index (χ0n) is 12.6. The van der Waals surface area contributed by atoms with Crippen LogP contribution in [0.25, 0.3) is 0 Å². The van der Waals surface area contributed by atoms with E-state index >= 15 is 0 Å². The van der Waals surface area contributed by atoms with E-state index in [2.05, 4.69) is 11.4 Å². The van der Waals surface area contributed by atoms with E-state index in [1.807, 2.05) is 0 Å². The van der Waals surface area contributed by atoms with Crippen LogP contribution in [0.5, 0.6) is 5.75 Å². The van der Waals surface area contributed by atoms with Gasteiger partial charge in [-0.15, -0.1) is 0 Å². The quantitative estimate of drug-likeness (QED) is 0.757. The summed E-state index contributed by atoms with van der Waals surface area (Å²) >= 11 is 0. The molecule has 0 saturated heterocycles. The molecule has 0 fully saturated rings. The molecule has 0 spiro atoms. The van der Waals surface area contributed by atoms with Gasteiger partial charge in [0.05, 0.1) is 5.56 Å². The molecule has 0 saturated carbocycles. The van der Waals surface area contributed by atoms with Gasteiger partial charge in [0.1, 0.15) is 5.75 Å². The molecule has 0 aliphatic heterocycles. The fourth-order valence-electron chi connectivity index (χ4n) is 2.49. The van der Waals surface area contributed by atoms with E-state index in [4.69, 9.17) is 10.5 Å². The van der Waals surface area contributed by atoms with Crippen molar-refractivity contribution in [3.8, 4) is 5.75 Å². The lowest BCUT2D eigenvalue weighted by molar-refractivity contribution is -0.119. The second-order valence-corrected chi connectivity index (χ2v) is 5.37. The van der Waals surface area contributed by atoms with Gasteiger partial charge in [-0.25, -0.2) is 0 Å². The number of carbonyl (C=O) groups is 2. The fraction of sp³-hybridized carbons (Fsp3) is 0.412. The smallest absolute Gasteiger partial charge is 0.255 e. The highest BCUT2D eigenvalue weighted by Gasteiger charge is 2.12. The lowest BCUT2D eigenvalue weighted by atomic mass is 9.97. The molecule has 0 radical (unpaired) electrons. The van der Waals surface area contributed by atoms with Crippen molar-refractivity contribution in [2.45, 2.75) is 32.1 Å². The van der Waals surface area contributed by atoms with Crippen LogP contribution in [0.3, 0.4) is 0 Å². The summed E-state index contributed by atoms with van der Waals surface area (Å²) in [6, 6.07) is 6.84. The van der Waals surface area contributed by atoms with Gasteiger partial charge < -0.3 is 15.8 Å². The topological polar surface area (TPSA) is 81.4 Å². The van der Waals surface area contributed by atoms with Crippen LogP contribution in [-0.4, -0.2) is 25.0 Å². The summed E-state index contributed by atoms with van der Waals surface area (Å²) in [5.74, 6) is -0.397. The van der Waals surface area contributed by atoms with Crippen LogP contribution in [0, 0.1) is 0 Å². The van der Waals surface area contributed by atoms with E-state index in [0.717, 1.165) is 19.3 Å². The van der Waals surface area contributed by atoms with Crippen molar-refractivity contribution >= 4 is 11.8 Å². The Morgan fingerprint density at radius 1 is 1.23 bits per heavy atom. The van der Waals surface area contributed by atoms with E-state index in [9.17, 15) is 9.59 Å². The van der Waals surface area contributed by atoms with Crippen LogP contribution in [0.1, 0.15) is 42.5 Å². The van der Waals surface area contributed by atoms with Gasteiger partial charge in [-0.05, 0) is 44.2 Å². The maximum Gasteiger partial charge on any atom is 0.255 e. The van der Waals surface area contributed by atoms with Crippen molar-refractivity contribution in [3.63, 3.8) is 0 Å². The molecule has 0 bridgehead atoms. The largest absolute Gasteiger partial charge is 0.483 e. The second kappa shape index (κ2) is 8.22. The minimum atomic E-state index is -0.570. The molecule has 1 aliphatic carbocycles. The van der Waals surface area contributed by atoms with Crippen LogP contribution >= 0.6 is 0 Å². The fourth-order valence-corrected chi connectivity index (χ4v) is 2.49. The number of ether oxygens (including phenoxy) is 1. The monoisotopic (exact) mass is 302 g/mol. The minimum Gasteiger partial charge on any atom is -0.483 e. The average molecular weight is 302 g/mol. The van der Waals surface area contributed by atoms with Gasteiger partial charge in [0, 0.05) is 6.54 Å². The molecule has 0 heterocycles. The van der Waals surface area contributed by atoms with Crippen molar-refractivity contribution < 1.29 is 14.3 Å². The summed E-state index contributed by atoms with van der Waals surface area (Å²) in [5, 5.41) is 2.90. The molecular weight excluding hydrogens is 280 g/mol. The van der Waals surface area contributed by atoms with E-state index in [1.165, 1.54) is 18.4 Å². The summed E-state index contributed by atoms with van der Waals surface area (Å²) in [5.41, 5.74) is 6.90. The first-order valence-electron chi connectivity index (χ1n) is 7.63. The number of primary amides is 1. The van der Waals surface area contributed by atoms with Crippen molar-refractivity contribution in [1.29, 1.82) is 0 Å². The molecule has 2 amide bonds. The Labute approximate surface area is 130 Å². The third kappa shape index (κ3) is 4.91. The highest BCUT2D eigenvalue weighted by molar-refractivity contribution is 5.97. The first kappa shape index (κ1) is 16.1. The number of benzene rings is 1. The third-order valence-corrected chi connectivity index (χ3v) is 3.62. The zero-order chi connectivity index (χ0) is 15.8. The Hall–Kier alpha value is -2.30. The standard InChI is InChI=1S/C17H22N2O3/c18-16(20)12-22-15-9-5-4-8-14(15)17(21)19-11-10-13-6-2-1-3-7-13/h4-6,8-9H,1-3,7,10-12H2,(H2,18,20)(H,19,21). The van der Waals surface area contributed by atoms with Gasteiger partial charge in [0.2, 0.25) is 0 Å². The number of allylic oxidation sites excluding steroid dienone is 1. The number of nitrogens with one attached hydrogen (secondary N) is 1. The average Bonchev–Trinajstić information content (AvgIpc) is 2.54. The number of hydrogen-bond acceptors (Lipinski definition) is 3. The molecule has 118 valence electrons. The molecule has 5 nitrogen and oxygen atoms in total. The number of rotatable bonds is 7. The van der Waals surface area contributed by atoms with Gasteiger partial charge in [-0.2, -0.15) is 0 Å². The van der Waals surface area contributed by atoms with E-state index in [0.29, 0.717) is 17.9 Å². The van der Waals surface area contributed by atoms with Gasteiger partial charge in [-0.1, -0.05) is 23.8 Å². The molecule has 3 N–H and O–H groups in total. The predicted octanol–water partition coefficient (Wildman–Crippen LogP) is 2.17. The van der Waals surface area contributed by atoms with E-state index < -0.39 is 5.91 Å². The predicted molar refractivity (Wildman–Crippen MR) is 84.6 cm³/mol. The summed E-state index contributed by atoms with van der Waals surface area (Å²) in [6.45, 7) is 0.367. The van der Waals surface area contributed by atoms with Crippen molar-refractivity contribution in [1.82, 2.24) is 5.32 Å². The van der Waals surface area contributed by atoms with E-state index in [-0.39, 0.29) is 12.5 Å². The first-order valence-corrected chi connectivity index (χ1v) is 7.63. The molecule has 0 unspecified atom stereocenters. The Morgan fingerprint density at radius 2 is 2.05 bits per heavy atom. The van der Waals surface area contributed by atoms with Crippen LogP contribution in [0.15, 0.2) is 35.9 Å². The normalized spacial score (nSPS) is 14.1. The Balaban J connectivity index is 1.88. The van der Waals surface area contributed by atoms with Crippen LogP contribution in [0.2, 0.25) is 0 Å². The number of hydrogen-bond donors (Lipinski definition) is 2. The maximum atomic E-state index is 12.2. The van der Waals surface area contributed by atoms with Crippen LogP contribution < -0.4 is 15.8 Å². The zero-order valence-corrected chi connectivity index (χ0v) is 12.6. The van der Waals surface area contributed by atoms with Gasteiger partial charge in [0.15, 0.2) is 6.61 Å². The molecule has 0 atom stereocenters. The summed E-state index contributed by atoms with van der Waals surface area (Å²) < 4.78 is 5.27. The number of carbonyl (C=O) groups excluding carboxylic acids is 2. The first-order chi connectivity index (χ1) is 10.7. The Bertz CT molecular complexity index is 567. The SMILES string of the molecule is NC(=O)COc1ccccc1C(=O)NCCC1=CCCCC1. The third-order valence-electron chi connectivity index (χ3n) is 3.62. The highest BCUT2D eigenvalue weighted by atomic mass is 16.5. The Kier molecular flexibility index (Phi) is 6.01. The van der Waals surface area contributed by atoms with Crippen LogP contribution in [-0.2, 0) is 4.79 Å². The maximum absolute atomic E-state index is 12.2. The van der Waals surface area contributed by atoms with Gasteiger partial charge in [0.25, 0.3) is 11.8 Å². The number of para-hydroxylation sites is 1. The minimum absolute atomic E-state index is 0.198. The number of nitrogens with two attached hydrogens (primary N) is 1. The second-order valence-electron chi connectivity index (χ2n) is 5.37. The molecule has 0 aromatic heterocycles. The highest BCUT2D eigenvalue weighted by Crippen LogP contribution is 2.20. The van der Waals surface area contributed by atoms with Crippen LogP contribution in [0.4, 0.5) is 0 Å². The molecule has 22 heavy (non-hydrogen) atoms. The van der Waals surface area contributed by atoms with Crippen molar-refractivity contribution in [2.75, 3.05) is 13.2 Å². The number of amides is 2. The lowest BCUT2D eigenvalue weighted by Crippen LogP contribution is -2.26. The molecular formula is C17H22N2O3. The molecule has 1 aromatic carbocycles. The summed E-state index contributed by atoms with van der Waals surface area (Å²) in [6.07, 6.45) is 7.95. The molecule has 2 rings (SSSR count). The van der Waals surface area contributed by atoms with Gasteiger partial charge >= 0.3 is 0 Å². The molecule has 1 aliphatic rings. The van der Waals surface area contributed by atoms with Crippen molar-refractivity contribution in [3.05, 3.63) is 41.5 Å². The van der Waals surface area contributed by atoms with Crippen molar-refractivity contribution in [2.24, 2.45) is 5.73 Å². The molecule has 5 heteroatoms. The van der Waals surface area contributed by atoms with Gasteiger partial charge in [-0.3, -0.25) is 9.59 Å². The summed E-state index contributed by atoms with van der Waals surface area (Å²) in [4.78, 5) is 23.0. The lowest BCUT2D eigenvalue weighted by Gasteiger charge is -2.14.